The average molecular weight is 409 g/mol. The highest BCUT2D eigenvalue weighted by Crippen LogP contribution is 2.29. The summed E-state index contributed by atoms with van der Waals surface area (Å²) in [6, 6.07) is 17.2. The van der Waals surface area contributed by atoms with Gasteiger partial charge in [0.25, 0.3) is 5.91 Å². The molecule has 0 aliphatic heterocycles. The summed E-state index contributed by atoms with van der Waals surface area (Å²) in [4.78, 5) is 27.8. The third-order valence-corrected chi connectivity index (χ3v) is 5.48. The summed E-state index contributed by atoms with van der Waals surface area (Å²) in [7, 11) is 1.57. The van der Waals surface area contributed by atoms with Crippen LogP contribution in [0, 0.1) is 6.92 Å². The van der Waals surface area contributed by atoms with Crippen molar-refractivity contribution in [1.29, 1.82) is 0 Å². The Morgan fingerprint density at radius 3 is 2.55 bits per heavy atom. The lowest BCUT2D eigenvalue weighted by Crippen LogP contribution is -2.37. The molecule has 6 heteroatoms. The summed E-state index contributed by atoms with van der Waals surface area (Å²) in [6.07, 6.45) is 0. The van der Waals surface area contributed by atoms with Crippen molar-refractivity contribution in [2.75, 3.05) is 25.5 Å². The van der Waals surface area contributed by atoms with Crippen LogP contribution in [0.4, 0.5) is 5.69 Å². The number of aryl methyl sites for hydroxylation is 1. The number of benzene rings is 2. The van der Waals surface area contributed by atoms with E-state index in [2.05, 4.69) is 5.32 Å². The zero-order valence-corrected chi connectivity index (χ0v) is 17.6. The van der Waals surface area contributed by atoms with Gasteiger partial charge in [-0.25, -0.2) is 0 Å². The van der Waals surface area contributed by atoms with Crippen LogP contribution in [-0.4, -0.2) is 36.9 Å². The van der Waals surface area contributed by atoms with Gasteiger partial charge in [-0.15, -0.1) is 11.3 Å². The number of nitrogens with one attached hydrogen (secondary N) is 1. The van der Waals surface area contributed by atoms with Gasteiger partial charge in [0.2, 0.25) is 5.91 Å². The Morgan fingerprint density at radius 2 is 1.86 bits per heavy atom. The monoisotopic (exact) mass is 408 g/mol. The molecule has 2 aromatic carbocycles. The Bertz CT molecular complexity index is 995. The van der Waals surface area contributed by atoms with E-state index in [9.17, 15) is 9.59 Å². The van der Waals surface area contributed by atoms with E-state index in [-0.39, 0.29) is 18.4 Å². The molecule has 0 unspecified atom stereocenters. The van der Waals surface area contributed by atoms with Gasteiger partial charge in [0.1, 0.15) is 12.3 Å². The third kappa shape index (κ3) is 5.03. The molecule has 0 atom stereocenters. The molecule has 0 aliphatic rings. The summed E-state index contributed by atoms with van der Waals surface area (Å²) in [5.41, 5.74) is 3.69. The molecule has 0 fully saturated rings. The average Bonchev–Trinajstić information content (AvgIpc) is 3.22. The lowest BCUT2D eigenvalue weighted by Gasteiger charge is -2.20. The van der Waals surface area contributed by atoms with Crippen molar-refractivity contribution in [3.8, 4) is 16.9 Å². The molecule has 3 aromatic rings. The quantitative estimate of drug-likeness (QED) is 0.609. The van der Waals surface area contributed by atoms with Gasteiger partial charge in [0, 0.05) is 23.9 Å². The lowest BCUT2D eigenvalue weighted by atomic mass is 10.0. The maximum atomic E-state index is 13.1. The molecule has 0 aliphatic carbocycles. The summed E-state index contributed by atoms with van der Waals surface area (Å²) in [6.45, 7) is 4.33. The normalized spacial score (nSPS) is 10.4. The highest BCUT2D eigenvalue weighted by Gasteiger charge is 2.22. The minimum atomic E-state index is -0.248. The van der Waals surface area contributed by atoms with Crippen molar-refractivity contribution >= 4 is 28.8 Å². The standard InChI is InChI=1S/C23H24N2O3S/c1-4-25(15-21(26)24-18-6-5-7-19(14-18)28-3)23(27)22-20(12-13-29-22)17-10-8-16(2)9-11-17/h5-14H,4,15H2,1-3H3,(H,24,26). The van der Waals surface area contributed by atoms with E-state index in [1.165, 1.54) is 16.9 Å². The van der Waals surface area contributed by atoms with Crippen LogP contribution in [0.25, 0.3) is 11.1 Å². The number of nitrogens with zero attached hydrogens (tertiary/aromatic N) is 1. The highest BCUT2D eigenvalue weighted by atomic mass is 32.1. The second-order valence-electron chi connectivity index (χ2n) is 6.63. The zero-order chi connectivity index (χ0) is 20.8. The van der Waals surface area contributed by atoms with Gasteiger partial charge in [-0.1, -0.05) is 35.9 Å². The molecule has 1 aromatic heterocycles. The number of hydrogen-bond acceptors (Lipinski definition) is 4. The molecule has 0 spiro atoms. The number of hydrogen-bond donors (Lipinski definition) is 1. The Balaban J connectivity index is 1.73. The van der Waals surface area contributed by atoms with Gasteiger partial charge in [-0.05, 0) is 43.0 Å². The second kappa shape index (κ2) is 9.39. The molecule has 2 amide bonds. The maximum absolute atomic E-state index is 13.1. The molecule has 3 rings (SSSR count). The number of carbonyl (C=O) groups is 2. The van der Waals surface area contributed by atoms with E-state index in [0.717, 1.165) is 11.1 Å². The lowest BCUT2D eigenvalue weighted by molar-refractivity contribution is -0.116. The van der Waals surface area contributed by atoms with E-state index < -0.39 is 0 Å². The van der Waals surface area contributed by atoms with E-state index in [1.807, 2.05) is 49.6 Å². The van der Waals surface area contributed by atoms with Crippen LogP contribution < -0.4 is 10.1 Å². The summed E-state index contributed by atoms with van der Waals surface area (Å²) >= 11 is 1.40. The molecular weight excluding hydrogens is 384 g/mol. The number of ether oxygens (including phenoxy) is 1. The fourth-order valence-electron chi connectivity index (χ4n) is 2.98. The first-order valence-corrected chi connectivity index (χ1v) is 10.3. The minimum Gasteiger partial charge on any atom is -0.497 e. The minimum absolute atomic E-state index is 0.0161. The van der Waals surface area contributed by atoms with Crippen LogP contribution in [-0.2, 0) is 4.79 Å². The van der Waals surface area contributed by atoms with Crippen LogP contribution in [0.3, 0.4) is 0 Å². The van der Waals surface area contributed by atoms with Gasteiger partial charge >= 0.3 is 0 Å². The molecule has 5 nitrogen and oxygen atoms in total. The third-order valence-electron chi connectivity index (χ3n) is 4.58. The Morgan fingerprint density at radius 1 is 1.10 bits per heavy atom. The van der Waals surface area contributed by atoms with Crippen molar-refractivity contribution < 1.29 is 14.3 Å². The van der Waals surface area contributed by atoms with E-state index in [4.69, 9.17) is 4.74 Å². The Labute approximate surface area is 174 Å². The molecule has 1 heterocycles. The van der Waals surface area contributed by atoms with E-state index >= 15 is 0 Å². The van der Waals surface area contributed by atoms with Crippen molar-refractivity contribution in [2.24, 2.45) is 0 Å². The van der Waals surface area contributed by atoms with Crippen LogP contribution >= 0.6 is 11.3 Å². The zero-order valence-electron chi connectivity index (χ0n) is 16.8. The van der Waals surface area contributed by atoms with Gasteiger partial charge in [-0.3, -0.25) is 9.59 Å². The predicted octanol–water partition coefficient (Wildman–Crippen LogP) is 4.83. The van der Waals surface area contributed by atoms with Gasteiger partial charge in [-0.2, -0.15) is 0 Å². The highest BCUT2D eigenvalue weighted by molar-refractivity contribution is 7.12. The Kier molecular flexibility index (Phi) is 6.67. The number of rotatable bonds is 7. The topological polar surface area (TPSA) is 58.6 Å². The van der Waals surface area contributed by atoms with Gasteiger partial charge < -0.3 is 15.0 Å². The smallest absolute Gasteiger partial charge is 0.265 e. The first kappa shape index (κ1) is 20.6. The molecular formula is C23H24N2O3S. The van der Waals surface area contributed by atoms with Crippen molar-refractivity contribution in [2.45, 2.75) is 13.8 Å². The molecule has 0 bridgehead atoms. The SMILES string of the molecule is CCN(CC(=O)Nc1cccc(OC)c1)C(=O)c1sccc1-c1ccc(C)cc1. The summed E-state index contributed by atoms with van der Waals surface area (Å²) in [5, 5.41) is 4.73. The van der Waals surface area contributed by atoms with Crippen LogP contribution in [0.1, 0.15) is 22.2 Å². The first-order valence-electron chi connectivity index (χ1n) is 9.39. The van der Waals surface area contributed by atoms with Crippen LogP contribution in [0.5, 0.6) is 5.75 Å². The molecule has 150 valence electrons. The molecule has 0 saturated heterocycles. The second-order valence-corrected chi connectivity index (χ2v) is 7.55. The van der Waals surface area contributed by atoms with Crippen molar-refractivity contribution in [1.82, 2.24) is 4.90 Å². The largest absolute Gasteiger partial charge is 0.497 e. The maximum Gasteiger partial charge on any atom is 0.265 e. The Hall–Kier alpha value is -3.12. The van der Waals surface area contributed by atoms with E-state index in [1.54, 1.807) is 36.3 Å². The number of carbonyl (C=O) groups excluding carboxylic acids is 2. The number of amides is 2. The van der Waals surface area contributed by atoms with Crippen LogP contribution in [0.2, 0.25) is 0 Å². The van der Waals surface area contributed by atoms with Crippen LogP contribution in [0.15, 0.2) is 60.0 Å². The van der Waals surface area contributed by atoms with Crippen molar-refractivity contribution in [3.05, 3.63) is 70.4 Å². The molecule has 29 heavy (non-hydrogen) atoms. The number of anilines is 1. The number of thiophene rings is 1. The molecule has 0 radical (unpaired) electrons. The van der Waals surface area contributed by atoms with Crippen molar-refractivity contribution in [3.63, 3.8) is 0 Å². The molecule has 0 saturated carbocycles. The summed E-state index contributed by atoms with van der Waals surface area (Å²) in [5.74, 6) is 0.272. The van der Waals surface area contributed by atoms with Gasteiger partial charge in [0.05, 0.1) is 12.0 Å². The van der Waals surface area contributed by atoms with Gasteiger partial charge in [0.15, 0.2) is 0 Å². The molecule has 1 N–H and O–H groups in total. The number of methoxy groups -OCH3 is 1. The van der Waals surface area contributed by atoms with E-state index in [0.29, 0.717) is 22.9 Å². The fraction of sp³-hybridized carbons (Fsp3) is 0.217. The summed E-state index contributed by atoms with van der Waals surface area (Å²) < 4.78 is 5.17. The fourth-order valence-corrected chi connectivity index (χ4v) is 3.86. The predicted molar refractivity (Wildman–Crippen MR) is 118 cm³/mol. The number of likely N-dealkylation sites (N-methyl/N-ethyl adjacent to an activating group) is 1. The first-order chi connectivity index (χ1) is 14.0.